The number of hydrogen-bond donors (Lipinski definition) is 2. The number of carbonyl (C=O) groups excluding carboxylic acids is 2. The number of benzene rings is 2. The Kier molecular flexibility index (Phi) is 6.60. The van der Waals surface area contributed by atoms with Crippen molar-refractivity contribution in [2.75, 3.05) is 43.1 Å². The molecule has 0 radical (unpaired) electrons. The zero-order chi connectivity index (χ0) is 21.6. The van der Waals surface area contributed by atoms with Gasteiger partial charge < -0.3 is 25.0 Å². The summed E-state index contributed by atoms with van der Waals surface area (Å²) in [6.45, 7) is 5.78. The van der Waals surface area contributed by atoms with Crippen LogP contribution in [-0.4, -0.2) is 44.7 Å². The molecule has 31 heavy (non-hydrogen) atoms. The normalized spacial score (nSPS) is 14.5. The van der Waals surface area contributed by atoms with Crippen molar-refractivity contribution in [3.8, 4) is 11.5 Å². The number of amides is 2. The molecule has 0 spiro atoms. The number of rotatable bonds is 6. The zero-order valence-electron chi connectivity index (χ0n) is 17.9. The highest BCUT2D eigenvalue weighted by atomic mass is 16.6. The van der Waals surface area contributed by atoms with Gasteiger partial charge in [-0.2, -0.15) is 0 Å². The predicted molar refractivity (Wildman–Crippen MR) is 120 cm³/mol. The van der Waals surface area contributed by atoms with Gasteiger partial charge in [0.05, 0.1) is 0 Å². The Labute approximate surface area is 182 Å². The maximum Gasteiger partial charge on any atom is 0.313 e. The first-order chi connectivity index (χ1) is 15.1. The van der Waals surface area contributed by atoms with Crippen molar-refractivity contribution in [1.29, 1.82) is 0 Å². The maximum absolute atomic E-state index is 12.2. The van der Waals surface area contributed by atoms with Crippen LogP contribution in [-0.2, 0) is 22.4 Å². The van der Waals surface area contributed by atoms with Gasteiger partial charge in [0.25, 0.3) is 0 Å². The lowest BCUT2D eigenvalue weighted by Crippen LogP contribution is -2.36. The lowest BCUT2D eigenvalue weighted by atomic mass is 9.98. The Hall–Kier alpha value is -3.22. The first kappa shape index (κ1) is 21.0. The first-order valence-electron chi connectivity index (χ1n) is 11.0. The Morgan fingerprint density at radius 1 is 1.03 bits per heavy atom. The largest absolute Gasteiger partial charge is 0.486 e. The minimum atomic E-state index is -0.697. The molecule has 2 aliphatic rings. The van der Waals surface area contributed by atoms with E-state index in [1.165, 1.54) is 23.2 Å². The molecule has 2 N–H and O–H groups in total. The standard InChI is InChI=1S/C24H29N3O4/c1-2-11-27-12-3-4-18-15-17(5-7-20(18)27)9-10-25-23(28)24(29)26-19-6-8-21-22(16-19)31-14-13-30-21/h5-8,15-16H,2-4,9-14H2,1H3,(H,25,28)(H,26,29). The number of nitrogens with one attached hydrogen (secondary N) is 2. The van der Waals surface area contributed by atoms with Gasteiger partial charge in [-0.05, 0) is 55.0 Å². The second-order valence-corrected chi connectivity index (χ2v) is 7.87. The molecule has 0 saturated heterocycles. The topological polar surface area (TPSA) is 79.9 Å². The Morgan fingerprint density at radius 3 is 2.71 bits per heavy atom. The van der Waals surface area contributed by atoms with E-state index >= 15 is 0 Å². The minimum absolute atomic E-state index is 0.408. The van der Waals surface area contributed by atoms with E-state index in [0.29, 0.717) is 43.4 Å². The summed E-state index contributed by atoms with van der Waals surface area (Å²) < 4.78 is 11.0. The summed E-state index contributed by atoms with van der Waals surface area (Å²) >= 11 is 0. The lowest BCUT2D eigenvalue weighted by molar-refractivity contribution is -0.136. The van der Waals surface area contributed by atoms with E-state index in [2.05, 4.69) is 40.7 Å². The summed E-state index contributed by atoms with van der Waals surface area (Å²) in [6.07, 6.45) is 4.09. The first-order valence-corrected chi connectivity index (χ1v) is 11.0. The predicted octanol–water partition coefficient (Wildman–Crippen LogP) is 2.92. The SMILES string of the molecule is CCCN1CCCc2cc(CCNC(=O)C(=O)Nc3ccc4c(c3)OCCO4)ccc21. The van der Waals surface area contributed by atoms with E-state index in [1.54, 1.807) is 18.2 Å². The number of aryl methyl sites for hydroxylation is 1. The van der Waals surface area contributed by atoms with E-state index in [9.17, 15) is 9.59 Å². The van der Waals surface area contributed by atoms with Gasteiger partial charge in [-0.15, -0.1) is 0 Å². The van der Waals surface area contributed by atoms with Crippen LogP contribution in [0.25, 0.3) is 0 Å². The molecule has 0 saturated carbocycles. The molecule has 0 bridgehead atoms. The summed E-state index contributed by atoms with van der Waals surface area (Å²) in [4.78, 5) is 26.9. The van der Waals surface area contributed by atoms with Crippen LogP contribution in [0.1, 0.15) is 30.9 Å². The van der Waals surface area contributed by atoms with Crippen molar-refractivity contribution in [3.05, 3.63) is 47.5 Å². The summed E-state index contributed by atoms with van der Waals surface area (Å²) in [6, 6.07) is 11.6. The van der Waals surface area contributed by atoms with Crippen molar-refractivity contribution < 1.29 is 19.1 Å². The highest BCUT2D eigenvalue weighted by Gasteiger charge is 2.18. The lowest BCUT2D eigenvalue weighted by Gasteiger charge is -2.31. The molecule has 2 aromatic carbocycles. The molecule has 7 nitrogen and oxygen atoms in total. The summed E-state index contributed by atoms with van der Waals surface area (Å²) in [5, 5.41) is 5.31. The van der Waals surface area contributed by atoms with Gasteiger partial charge in [0.2, 0.25) is 0 Å². The van der Waals surface area contributed by atoms with Crippen LogP contribution in [0.3, 0.4) is 0 Å². The van der Waals surface area contributed by atoms with Gasteiger partial charge >= 0.3 is 11.8 Å². The average Bonchev–Trinajstić information content (AvgIpc) is 2.79. The molecular formula is C24H29N3O4. The average molecular weight is 424 g/mol. The van der Waals surface area contributed by atoms with Gasteiger partial charge in [-0.1, -0.05) is 19.1 Å². The number of ether oxygens (including phenoxy) is 2. The van der Waals surface area contributed by atoms with Crippen LogP contribution >= 0.6 is 0 Å². The van der Waals surface area contributed by atoms with Crippen LogP contribution in [0.2, 0.25) is 0 Å². The highest BCUT2D eigenvalue weighted by Crippen LogP contribution is 2.32. The summed E-state index contributed by atoms with van der Waals surface area (Å²) in [5.74, 6) is -0.148. The molecule has 2 heterocycles. The van der Waals surface area contributed by atoms with Crippen molar-refractivity contribution in [3.63, 3.8) is 0 Å². The van der Waals surface area contributed by atoms with Gasteiger partial charge in [0.1, 0.15) is 13.2 Å². The molecular weight excluding hydrogens is 394 g/mol. The van der Waals surface area contributed by atoms with Crippen molar-refractivity contribution >= 4 is 23.2 Å². The zero-order valence-corrected chi connectivity index (χ0v) is 17.9. The molecule has 7 heteroatoms. The molecule has 164 valence electrons. The van der Waals surface area contributed by atoms with Gasteiger partial charge in [0, 0.05) is 37.1 Å². The molecule has 0 unspecified atom stereocenters. The van der Waals surface area contributed by atoms with Crippen molar-refractivity contribution in [1.82, 2.24) is 5.32 Å². The Balaban J connectivity index is 1.27. The van der Waals surface area contributed by atoms with Crippen molar-refractivity contribution in [2.24, 2.45) is 0 Å². The quantitative estimate of drug-likeness (QED) is 0.699. The number of nitrogens with zero attached hydrogens (tertiary/aromatic N) is 1. The molecule has 2 aromatic rings. The monoisotopic (exact) mass is 423 g/mol. The van der Waals surface area contributed by atoms with Gasteiger partial charge in [-0.3, -0.25) is 9.59 Å². The number of hydrogen-bond acceptors (Lipinski definition) is 5. The fraction of sp³-hybridized carbons (Fsp3) is 0.417. The Morgan fingerprint density at radius 2 is 1.87 bits per heavy atom. The third-order valence-electron chi connectivity index (χ3n) is 5.56. The maximum atomic E-state index is 12.2. The van der Waals surface area contributed by atoms with Crippen LogP contribution in [0.15, 0.2) is 36.4 Å². The Bertz CT molecular complexity index is 960. The number of carbonyl (C=O) groups is 2. The highest BCUT2D eigenvalue weighted by molar-refractivity contribution is 6.39. The molecule has 4 rings (SSSR count). The van der Waals surface area contributed by atoms with E-state index in [1.807, 2.05) is 0 Å². The van der Waals surface area contributed by atoms with E-state index < -0.39 is 11.8 Å². The van der Waals surface area contributed by atoms with Crippen LogP contribution < -0.4 is 25.0 Å². The molecule has 2 amide bonds. The number of anilines is 2. The minimum Gasteiger partial charge on any atom is -0.486 e. The van der Waals surface area contributed by atoms with Crippen LogP contribution in [0.5, 0.6) is 11.5 Å². The van der Waals surface area contributed by atoms with Crippen molar-refractivity contribution in [2.45, 2.75) is 32.6 Å². The second-order valence-electron chi connectivity index (χ2n) is 7.87. The van der Waals surface area contributed by atoms with E-state index in [-0.39, 0.29) is 0 Å². The fourth-order valence-corrected chi connectivity index (χ4v) is 4.10. The molecule has 2 aliphatic heterocycles. The van der Waals surface area contributed by atoms with Crippen LogP contribution in [0.4, 0.5) is 11.4 Å². The molecule has 0 atom stereocenters. The number of fused-ring (bicyclic) bond motifs is 2. The van der Waals surface area contributed by atoms with E-state index in [0.717, 1.165) is 25.9 Å². The van der Waals surface area contributed by atoms with Gasteiger partial charge in [0.15, 0.2) is 11.5 Å². The smallest absolute Gasteiger partial charge is 0.313 e. The van der Waals surface area contributed by atoms with Gasteiger partial charge in [-0.25, -0.2) is 0 Å². The third-order valence-corrected chi connectivity index (χ3v) is 5.56. The third kappa shape index (κ3) is 5.10. The summed E-state index contributed by atoms with van der Waals surface area (Å²) in [7, 11) is 0. The molecule has 0 aromatic heterocycles. The van der Waals surface area contributed by atoms with Crippen LogP contribution in [0, 0.1) is 0 Å². The fourth-order valence-electron chi connectivity index (χ4n) is 4.10. The summed E-state index contributed by atoms with van der Waals surface area (Å²) in [5.41, 5.74) is 4.37. The molecule has 0 fully saturated rings. The van der Waals surface area contributed by atoms with E-state index in [4.69, 9.17) is 9.47 Å². The molecule has 0 aliphatic carbocycles. The second kappa shape index (κ2) is 9.73.